The van der Waals surface area contributed by atoms with Gasteiger partial charge >= 0.3 is 0 Å². The summed E-state index contributed by atoms with van der Waals surface area (Å²) in [6.07, 6.45) is 1.94. The number of fused-ring (bicyclic) bond motifs is 3. The van der Waals surface area contributed by atoms with Crippen LogP contribution in [-0.2, 0) is 0 Å². The first kappa shape index (κ1) is 17.2. The summed E-state index contributed by atoms with van der Waals surface area (Å²) < 4.78 is 12.9. The third-order valence-electron chi connectivity index (χ3n) is 4.79. The molecule has 0 saturated heterocycles. The number of rotatable bonds is 2. The Kier molecular flexibility index (Phi) is 4.19. The Bertz CT molecular complexity index is 1050. The minimum atomic E-state index is -0.444. The average Bonchev–Trinajstić information content (AvgIpc) is 3.31. The Morgan fingerprint density at radius 1 is 1.07 bits per heavy atom. The quantitative estimate of drug-likeness (QED) is 0.430. The van der Waals surface area contributed by atoms with E-state index >= 15 is 0 Å². The SMILES string of the molecule is Clc1ccc([C@H]2Oc3ccc(Br)cc3[C@H]3CC(c4ccco4)=NN32)c(Cl)c1. The maximum absolute atomic E-state index is 6.48. The molecular weight excluding hydrogens is 451 g/mol. The van der Waals surface area contributed by atoms with Crippen LogP contribution in [0.2, 0.25) is 10.0 Å². The first-order valence-electron chi connectivity index (χ1n) is 8.41. The molecule has 0 bridgehead atoms. The summed E-state index contributed by atoms with van der Waals surface area (Å²) in [5, 5.41) is 7.92. The fourth-order valence-corrected chi connectivity index (χ4v) is 4.44. The van der Waals surface area contributed by atoms with E-state index in [-0.39, 0.29) is 6.04 Å². The molecule has 1 aromatic heterocycles. The van der Waals surface area contributed by atoms with Crippen LogP contribution in [0.5, 0.6) is 5.75 Å². The highest BCUT2D eigenvalue weighted by Crippen LogP contribution is 2.49. The molecule has 3 aromatic rings. The first-order valence-corrected chi connectivity index (χ1v) is 9.96. The number of halogens is 3. The van der Waals surface area contributed by atoms with Gasteiger partial charge in [-0.05, 0) is 42.5 Å². The van der Waals surface area contributed by atoms with E-state index < -0.39 is 6.23 Å². The van der Waals surface area contributed by atoms with Gasteiger partial charge in [-0.25, -0.2) is 5.01 Å². The minimum absolute atomic E-state index is 0.0306. The molecule has 0 fully saturated rings. The maximum atomic E-state index is 6.48. The fraction of sp³-hybridized carbons (Fsp3) is 0.150. The third-order valence-corrected chi connectivity index (χ3v) is 5.84. The number of hydrogen-bond donors (Lipinski definition) is 0. The number of nitrogens with zero attached hydrogens (tertiary/aromatic N) is 2. The van der Waals surface area contributed by atoms with E-state index in [0.29, 0.717) is 10.0 Å². The number of hydrazone groups is 1. The van der Waals surface area contributed by atoms with Gasteiger partial charge in [0, 0.05) is 27.0 Å². The summed E-state index contributed by atoms with van der Waals surface area (Å²) in [6, 6.07) is 15.3. The second kappa shape index (κ2) is 6.59. The predicted octanol–water partition coefficient (Wildman–Crippen LogP) is 6.59. The Morgan fingerprint density at radius 2 is 1.96 bits per heavy atom. The summed E-state index contributed by atoms with van der Waals surface area (Å²) in [7, 11) is 0. The van der Waals surface area contributed by atoms with Crippen LogP contribution in [0.4, 0.5) is 0 Å². The standard InChI is InChI=1S/C20H13BrCl2N2O2/c21-11-3-6-18-14(8-11)17-10-16(19-2-1-7-26-19)24-25(17)20(27-18)13-5-4-12(22)9-15(13)23/h1-9,17,20H,10H2/t17-,20-/m1/s1. The Labute approximate surface area is 174 Å². The molecule has 0 N–H and O–H groups in total. The molecule has 2 atom stereocenters. The molecule has 0 aliphatic carbocycles. The molecule has 0 unspecified atom stereocenters. The first-order chi connectivity index (χ1) is 13.1. The van der Waals surface area contributed by atoms with Crippen molar-refractivity contribution < 1.29 is 9.15 Å². The lowest BCUT2D eigenvalue weighted by Gasteiger charge is -2.38. The molecule has 136 valence electrons. The molecule has 3 heterocycles. The summed E-state index contributed by atoms with van der Waals surface area (Å²) >= 11 is 16.1. The van der Waals surface area contributed by atoms with Gasteiger partial charge in [0.1, 0.15) is 17.2 Å². The van der Waals surface area contributed by atoms with Crippen molar-refractivity contribution in [2.24, 2.45) is 5.10 Å². The summed E-state index contributed by atoms with van der Waals surface area (Å²) in [5.74, 6) is 1.59. The van der Waals surface area contributed by atoms with E-state index in [1.807, 2.05) is 41.4 Å². The molecule has 0 radical (unpaired) electrons. The molecule has 5 rings (SSSR count). The van der Waals surface area contributed by atoms with Gasteiger partial charge in [0.25, 0.3) is 0 Å². The Morgan fingerprint density at radius 3 is 2.74 bits per heavy atom. The average molecular weight is 464 g/mol. The van der Waals surface area contributed by atoms with E-state index in [1.165, 1.54) is 0 Å². The van der Waals surface area contributed by atoms with Gasteiger partial charge in [0.05, 0.1) is 17.3 Å². The minimum Gasteiger partial charge on any atom is -0.464 e. The molecule has 2 aliphatic heterocycles. The summed E-state index contributed by atoms with van der Waals surface area (Å²) in [4.78, 5) is 0. The molecule has 4 nitrogen and oxygen atoms in total. The van der Waals surface area contributed by atoms with Crippen LogP contribution >= 0.6 is 39.1 Å². The van der Waals surface area contributed by atoms with Crippen molar-refractivity contribution in [3.8, 4) is 5.75 Å². The zero-order chi connectivity index (χ0) is 18.5. The molecule has 7 heteroatoms. The van der Waals surface area contributed by atoms with Gasteiger partial charge < -0.3 is 9.15 Å². The number of furan rings is 1. The zero-order valence-electron chi connectivity index (χ0n) is 13.9. The zero-order valence-corrected chi connectivity index (χ0v) is 17.0. The summed E-state index contributed by atoms with van der Waals surface area (Å²) in [6.45, 7) is 0. The Hall–Kier alpha value is -1.95. The molecule has 27 heavy (non-hydrogen) atoms. The lowest BCUT2D eigenvalue weighted by Crippen LogP contribution is -2.33. The van der Waals surface area contributed by atoms with Crippen LogP contribution in [0.15, 0.2) is 68.8 Å². The van der Waals surface area contributed by atoms with Crippen molar-refractivity contribution in [3.63, 3.8) is 0 Å². The highest BCUT2D eigenvalue weighted by molar-refractivity contribution is 9.10. The maximum Gasteiger partial charge on any atom is 0.215 e. The lowest BCUT2D eigenvalue weighted by molar-refractivity contribution is -0.0190. The van der Waals surface area contributed by atoms with E-state index in [2.05, 4.69) is 22.0 Å². The van der Waals surface area contributed by atoms with Crippen LogP contribution in [0.3, 0.4) is 0 Å². The van der Waals surface area contributed by atoms with Crippen LogP contribution in [0, 0.1) is 0 Å². The summed E-state index contributed by atoms with van der Waals surface area (Å²) in [5.41, 5.74) is 2.79. The number of benzene rings is 2. The second-order valence-corrected chi connectivity index (χ2v) is 8.20. The highest BCUT2D eigenvalue weighted by atomic mass is 79.9. The fourth-order valence-electron chi connectivity index (χ4n) is 3.56. The van der Waals surface area contributed by atoms with E-state index in [1.54, 1.807) is 12.3 Å². The van der Waals surface area contributed by atoms with Crippen molar-refractivity contribution in [2.45, 2.75) is 18.7 Å². The molecule has 0 amide bonds. The van der Waals surface area contributed by atoms with Gasteiger partial charge in [0.15, 0.2) is 0 Å². The third kappa shape index (κ3) is 2.94. The Balaban J connectivity index is 1.64. The smallest absolute Gasteiger partial charge is 0.215 e. The van der Waals surface area contributed by atoms with E-state index in [4.69, 9.17) is 37.5 Å². The van der Waals surface area contributed by atoms with Crippen molar-refractivity contribution in [3.05, 3.63) is 86.2 Å². The van der Waals surface area contributed by atoms with Crippen LogP contribution in [0.25, 0.3) is 0 Å². The highest BCUT2D eigenvalue weighted by Gasteiger charge is 2.42. The van der Waals surface area contributed by atoms with Crippen molar-refractivity contribution in [2.75, 3.05) is 0 Å². The largest absolute Gasteiger partial charge is 0.464 e. The number of hydrogen-bond acceptors (Lipinski definition) is 4. The normalized spacial score (nSPS) is 20.7. The van der Waals surface area contributed by atoms with Crippen LogP contribution in [-0.4, -0.2) is 10.7 Å². The molecule has 0 spiro atoms. The topological polar surface area (TPSA) is 38.0 Å². The van der Waals surface area contributed by atoms with E-state index in [0.717, 1.165) is 39.2 Å². The second-order valence-electron chi connectivity index (χ2n) is 6.44. The van der Waals surface area contributed by atoms with Gasteiger partial charge in [-0.2, -0.15) is 5.10 Å². The molecule has 0 saturated carbocycles. The van der Waals surface area contributed by atoms with E-state index in [9.17, 15) is 0 Å². The lowest BCUT2D eigenvalue weighted by atomic mass is 9.97. The molecule has 2 aromatic carbocycles. The van der Waals surface area contributed by atoms with Gasteiger partial charge in [-0.3, -0.25) is 0 Å². The predicted molar refractivity (Wildman–Crippen MR) is 108 cm³/mol. The monoisotopic (exact) mass is 462 g/mol. The van der Waals surface area contributed by atoms with Crippen molar-refractivity contribution in [1.29, 1.82) is 0 Å². The van der Waals surface area contributed by atoms with Crippen molar-refractivity contribution >= 4 is 44.8 Å². The number of ether oxygens (including phenoxy) is 1. The molecule has 2 aliphatic rings. The van der Waals surface area contributed by atoms with Gasteiger partial charge in [0.2, 0.25) is 6.23 Å². The van der Waals surface area contributed by atoms with Crippen molar-refractivity contribution in [1.82, 2.24) is 5.01 Å². The van der Waals surface area contributed by atoms with Gasteiger partial charge in [-0.1, -0.05) is 45.2 Å². The van der Waals surface area contributed by atoms with Crippen LogP contribution in [0.1, 0.15) is 35.6 Å². The molecular formula is C20H13BrCl2N2O2. The van der Waals surface area contributed by atoms with Crippen LogP contribution < -0.4 is 4.74 Å². The van der Waals surface area contributed by atoms with Gasteiger partial charge in [-0.15, -0.1) is 0 Å².